The van der Waals surface area contributed by atoms with Gasteiger partial charge in [-0.2, -0.15) is 0 Å². The van der Waals surface area contributed by atoms with Crippen molar-refractivity contribution in [1.82, 2.24) is 0 Å². The first-order valence-electron chi connectivity index (χ1n) is 2.78. The Labute approximate surface area is 50.2 Å². The van der Waals surface area contributed by atoms with Crippen LogP contribution in [0.5, 0.6) is 0 Å². The molecule has 1 radical (unpaired) electrons. The zero-order chi connectivity index (χ0) is 6.41. The smallest absolute Gasteiger partial charge is 0.0540 e. The van der Waals surface area contributed by atoms with Crippen molar-refractivity contribution in [2.75, 3.05) is 0 Å². The molecule has 0 aromatic rings. The summed E-state index contributed by atoms with van der Waals surface area (Å²) >= 11 is 0. The van der Waals surface area contributed by atoms with Crippen molar-refractivity contribution in [3.05, 3.63) is 6.92 Å². The zero-order valence-corrected chi connectivity index (χ0v) is 5.22. The zero-order valence-electron chi connectivity index (χ0n) is 5.22. The van der Waals surface area contributed by atoms with Gasteiger partial charge < -0.3 is 5.21 Å². The highest BCUT2D eigenvalue weighted by Gasteiger charge is 1.87. The Morgan fingerprint density at radius 1 is 1.75 bits per heavy atom. The van der Waals surface area contributed by atoms with E-state index in [2.05, 4.69) is 12.1 Å². The molecule has 0 bridgehead atoms. The molecular formula is C6H12NO. The summed E-state index contributed by atoms with van der Waals surface area (Å²) in [5.41, 5.74) is 0.786. The first kappa shape index (κ1) is 7.47. The van der Waals surface area contributed by atoms with E-state index >= 15 is 0 Å². The van der Waals surface area contributed by atoms with Gasteiger partial charge in [-0.1, -0.05) is 18.5 Å². The molecule has 0 amide bonds. The van der Waals surface area contributed by atoms with E-state index in [1.807, 2.05) is 0 Å². The second-order valence-electron chi connectivity index (χ2n) is 1.79. The van der Waals surface area contributed by atoms with Gasteiger partial charge in [0.05, 0.1) is 5.71 Å². The molecule has 0 rings (SSSR count). The second-order valence-corrected chi connectivity index (χ2v) is 1.79. The summed E-state index contributed by atoms with van der Waals surface area (Å²) in [5.74, 6) is 0. The Kier molecular flexibility index (Phi) is 4.32. The monoisotopic (exact) mass is 114 g/mol. The molecule has 0 unspecified atom stereocenters. The highest BCUT2D eigenvalue weighted by atomic mass is 16.4. The first-order chi connectivity index (χ1) is 3.81. The molecule has 0 saturated heterocycles. The van der Waals surface area contributed by atoms with E-state index in [9.17, 15) is 0 Å². The van der Waals surface area contributed by atoms with Crippen molar-refractivity contribution in [2.24, 2.45) is 5.16 Å². The van der Waals surface area contributed by atoms with Gasteiger partial charge in [-0.05, 0) is 19.8 Å². The molecule has 1 N–H and O–H groups in total. The van der Waals surface area contributed by atoms with Gasteiger partial charge in [-0.25, -0.2) is 0 Å². The average Bonchev–Trinajstić information content (AvgIpc) is 1.83. The molecule has 0 aliphatic heterocycles. The molecule has 0 saturated carbocycles. The lowest BCUT2D eigenvalue weighted by molar-refractivity contribution is 0.317. The lowest BCUT2D eigenvalue weighted by Crippen LogP contribution is -1.88. The standard InChI is InChI=1S/C6H12NO/c1-3-4-5-6(2)7-8/h8H,1,3-5H2,2H3/b7-6-. The fourth-order valence-corrected chi connectivity index (χ4v) is 0.431. The molecule has 2 nitrogen and oxygen atoms in total. The highest BCUT2D eigenvalue weighted by Crippen LogP contribution is 1.94. The molecule has 2 heteroatoms. The number of oxime groups is 1. The number of hydrogen-bond donors (Lipinski definition) is 1. The van der Waals surface area contributed by atoms with E-state index in [0.717, 1.165) is 25.0 Å². The Hall–Kier alpha value is -0.530. The molecular weight excluding hydrogens is 102 g/mol. The van der Waals surface area contributed by atoms with Gasteiger partial charge in [-0.3, -0.25) is 0 Å². The Morgan fingerprint density at radius 3 is 2.75 bits per heavy atom. The average molecular weight is 114 g/mol. The van der Waals surface area contributed by atoms with E-state index in [-0.39, 0.29) is 0 Å². The minimum absolute atomic E-state index is 0.786. The van der Waals surface area contributed by atoms with Crippen LogP contribution in [0.2, 0.25) is 0 Å². The summed E-state index contributed by atoms with van der Waals surface area (Å²) in [4.78, 5) is 0. The summed E-state index contributed by atoms with van der Waals surface area (Å²) in [5, 5.41) is 11.1. The molecule has 47 valence electrons. The van der Waals surface area contributed by atoms with Crippen LogP contribution in [0.4, 0.5) is 0 Å². The third-order valence-corrected chi connectivity index (χ3v) is 0.959. The summed E-state index contributed by atoms with van der Waals surface area (Å²) in [6.07, 6.45) is 2.78. The largest absolute Gasteiger partial charge is 0.411 e. The third-order valence-electron chi connectivity index (χ3n) is 0.959. The summed E-state index contributed by atoms with van der Waals surface area (Å²) in [7, 11) is 0. The molecule has 0 heterocycles. The van der Waals surface area contributed by atoms with E-state index in [1.165, 1.54) is 0 Å². The van der Waals surface area contributed by atoms with Crippen LogP contribution in [0.1, 0.15) is 26.2 Å². The van der Waals surface area contributed by atoms with Gasteiger partial charge in [0.25, 0.3) is 0 Å². The quantitative estimate of drug-likeness (QED) is 0.339. The molecule has 0 aromatic heterocycles. The summed E-state index contributed by atoms with van der Waals surface area (Å²) < 4.78 is 0. The molecule has 0 atom stereocenters. The van der Waals surface area contributed by atoms with Crippen LogP contribution in [0.3, 0.4) is 0 Å². The van der Waals surface area contributed by atoms with Gasteiger partial charge in [-0.15, -0.1) is 0 Å². The maximum Gasteiger partial charge on any atom is 0.0540 e. The van der Waals surface area contributed by atoms with E-state index < -0.39 is 0 Å². The summed E-state index contributed by atoms with van der Waals surface area (Å²) in [6, 6.07) is 0. The van der Waals surface area contributed by atoms with Crippen LogP contribution in [0.15, 0.2) is 5.16 Å². The first-order valence-corrected chi connectivity index (χ1v) is 2.78. The van der Waals surface area contributed by atoms with Crippen molar-refractivity contribution in [3.8, 4) is 0 Å². The lowest BCUT2D eigenvalue weighted by atomic mass is 10.2. The second kappa shape index (κ2) is 4.62. The number of unbranched alkanes of at least 4 members (excludes halogenated alkanes) is 1. The molecule has 8 heavy (non-hydrogen) atoms. The van der Waals surface area contributed by atoms with Gasteiger partial charge >= 0.3 is 0 Å². The van der Waals surface area contributed by atoms with Crippen molar-refractivity contribution < 1.29 is 5.21 Å². The number of rotatable bonds is 3. The molecule has 0 aliphatic rings. The van der Waals surface area contributed by atoms with Gasteiger partial charge in [0.1, 0.15) is 0 Å². The minimum atomic E-state index is 0.786. The SMILES string of the molecule is [CH2]CCC/C(C)=N\O. The maximum atomic E-state index is 8.13. The number of nitrogens with zero attached hydrogens (tertiary/aromatic N) is 1. The van der Waals surface area contributed by atoms with Crippen LogP contribution in [0.25, 0.3) is 0 Å². The highest BCUT2D eigenvalue weighted by molar-refractivity contribution is 5.81. The van der Waals surface area contributed by atoms with Crippen molar-refractivity contribution >= 4 is 5.71 Å². The fourth-order valence-electron chi connectivity index (χ4n) is 0.431. The van der Waals surface area contributed by atoms with Crippen molar-refractivity contribution in [1.29, 1.82) is 0 Å². The Morgan fingerprint density at radius 2 is 2.38 bits per heavy atom. The Bertz CT molecular complexity index is 78.6. The fraction of sp³-hybridized carbons (Fsp3) is 0.667. The van der Waals surface area contributed by atoms with E-state index in [1.54, 1.807) is 6.92 Å². The van der Waals surface area contributed by atoms with Crippen molar-refractivity contribution in [2.45, 2.75) is 26.2 Å². The predicted octanol–water partition coefficient (Wildman–Crippen LogP) is 1.84. The topological polar surface area (TPSA) is 32.6 Å². The third kappa shape index (κ3) is 3.65. The van der Waals surface area contributed by atoms with E-state index in [4.69, 9.17) is 5.21 Å². The molecule has 0 aromatic carbocycles. The van der Waals surface area contributed by atoms with Gasteiger partial charge in [0.2, 0.25) is 0 Å². The normalized spacial score (nSPS) is 12.0. The molecule has 0 aliphatic carbocycles. The molecule has 0 spiro atoms. The van der Waals surface area contributed by atoms with Gasteiger partial charge in [0, 0.05) is 0 Å². The lowest BCUT2D eigenvalue weighted by Gasteiger charge is -1.91. The van der Waals surface area contributed by atoms with Crippen LogP contribution in [0, 0.1) is 6.92 Å². The maximum absolute atomic E-state index is 8.13. The van der Waals surface area contributed by atoms with Crippen molar-refractivity contribution in [3.63, 3.8) is 0 Å². The van der Waals surface area contributed by atoms with Crippen LogP contribution in [-0.4, -0.2) is 10.9 Å². The van der Waals surface area contributed by atoms with Crippen LogP contribution in [-0.2, 0) is 0 Å². The summed E-state index contributed by atoms with van der Waals surface area (Å²) in [6.45, 7) is 5.46. The number of hydrogen-bond acceptors (Lipinski definition) is 2. The molecule has 0 fully saturated rings. The Balaban J connectivity index is 3.12. The van der Waals surface area contributed by atoms with E-state index in [0.29, 0.717) is 0 Å². The van der Waals surface area contributed by atoms with Gasteiger partial charge in [0.15, 0.2) is 0 Å². The van der Waals surface area contributed by atoms with Crippen LogP contribution >= 0.6 is 0 Å². The minimum Gasteiger partial charge on any atom is -0.411 e. The predicted molar refractivity (Wildman–Crippen MR) is 34.1 cm³/mol. The van der Waals surface area contributed by atoms with Crippen LogP contribution < -0.4 is 0 Å².